The molecule has 0 saturated heterocycles. The molecule has 15 heavy (non-hydrogen) atoms. The van der Waals surface area contributed by atoms with Crippen LogP contribution in [0.5, 0.6) is 5.75 Å². The van der Waals surface area contributed by atoms with Gasteiger partial charge in [-0.3, -0.25) is 0 Å². The maximum absolute atomic E-state index is 11.0. The molecule has 0 aliphatic carbocycles. The molecule has 0 bridgehead atoms. The van der Waals surface area contributed by atoms with Crippen LogP contribution in [0.3, 0.4) is 0 Å². The van der Waals surface area contributed by atoms with Gasteiger partial charge in [-0.15, -0.1) is 0 Å². The largest absolute Gasteiger partial charge is 0.497 e. The Morgan fingerprint density at radius 1 is 1.27 bits per heavy atom. The quantitative estimate of drug-likeness (QED) is 0.587. The summed E-state index contributed by atoms with van der Waals surface area (Å²) in [5.41, 5.74) is 0.811. The lowest BCUT2D eigenvalue weighted by Crippen LogP contribution is -1.99. The number of hydrogen-bond donors (Lipinski definition) is 0. The molecule has 1 rings (SSSR count). The van der Waals surface area contributed by atoms with Gasteiger partial charge in [0, 0.05) is 0 Å². The van der Waals surface area contributed by atoms with Crippen LogP contribution >= 0.6 is 11.6 Å². The average molecular weight is 227 g/mol. The van der Waals surface area contributed by atoms with E-state index >= 15 is 0 Å². The van der Waals surface area contributed by atoms with E-state index in [0.29, 0.717) is 0 Å². The van der Waals surface area contributed by atoms with Gasteiger partial charge in [0.2, 0.25) is 0 Å². The van der Waals surface area contributed by atoms with Gasteiger partial charge in [0.15, 0.2) is 0 Å². The fraction of sp³-hybridized carbons (Fsp3) is 0.182. The van der Waals surface area contributed by atoms with Crippen molar-refractivity contribution in [1.29, 1.82) is 0 Å². The predicted octanol–water partition coefficient (Wildman–Crippen LogP) is 2.45. The maximum atomic E-state index is 11.0. The number of benzene rings is 1. The van der Waals surface area contributed by atoms with E-state index in [1.54, 1.807) is 31.4 Å². The number of ether oxygens (including phenoxy) is 2. The Hall–Kier alpha value is -1.48. The van der Waals surface area contributed by atoms with Crippen molar-refractivity contribution in [3.8, 4) is 5.75 Å². The second-order valence-electron chi connectivity index (χ2n) is 2.76. The first-order valence-corrected chi connectivity index (χ1v) is 4.64. The molecule has 1 aromatic carbocycles. The van der Waals surface area contributed by atoms with Crippen molar-refractivity contribution in [3.63, 3.8) is 0 Å². The van der Waals surface area contributed by atoms with Gasteiger partial charge in [0.05, 0.1) is 14.2 Å². The van der Waals surface area contributed by atoms with Crippen molar-refractivity contribution >= 4 is 23.6 Å². The van der Waals surface area contributed by atoms with Crippen molar-refractivity contribution in [2.24, 2.45) is 0 Å². The van der Waals surface area contributed by atoms with Crippen LogP contribution in [-0.4, -0.2) is 20.2 Å². The Kier molecular flexibility index (Phi) is 4.18. The number of carbonyl (C=O) groups excluding carboxylic acids is 1. The number of esters is 1. The topological polar surface area (TPSA) is 35.5 Å². The second kappa shape index (κ2) is 5.41. The highest BCUT2D eigenvalue weighted by Crippen LogP contribution is 2.15. The summed E-state index contributed by atoms with van der Waals surface area (Å²) in [5.74, 6) is 0.203. The molecule has 80 valence electrons. The van der Waals surface area contributed by atoms with Gasteiger partial charge < -0.3 is 9.47 Å². The Morgan fingerprint density at radius 2 is 1.87 bits per heavy atom. The van der Waals surface area contributed by atoms with Crippen LogP contribution < -0.4 is 4.74 Å². The van der Waals surface area contributed by atoms with E-state index in [1.807, 2.05) is 0 Å². The number of rotatable bonds is 3. The lowest BCUT2D eigenvalue weighted by molar-refractivity contribution is -0.135. The van der Waals surface area contributed by atoms with E-state index in [1.165, 1.54) is 13.2 Å². The lowest BCUT2D eigenvalue weighted by Gasteiger charge is -2.00. The van der Waals surface area contributed by atoms with Crippen LogP contribution in [-0.2, 0) is 9.53 Å². The maximum Gasteiger partial charge on any atom is 0.349 e. The SMILES string of the molecule is COC(=O)C(Cl)=Cc1ccc(OC)cc1. The van der Waals surface area contributed by atoms with E-state index in [9.17, 15) is 4.79 Å². The molecule has 0 aliphatic heterocycles. The van der Waals surface area contributed by atoms with Gasteiger partial charge in [-0.2, -0.15) is 0 Å². The zero-order chi connectivity index (χ0) is 11.3. The highest BCUT2D eigenvalue weighted by Gasteiger charge is 2.05. The molecule has 4 heteroatoms. The Balaban J connectivity index is 2.84. The summed E-state index contributed by atoms with van der Waals surface area (Å²) in [6.07, 6.45) is 1.53. The lowest BCUT2D eigenvalue weighted by atomic mass is 10.2. The molecule has 0 saturated carbocycles. The normalized spacial score (nSPS) is 11.0. The summed E-state index contributed by atoms with van der Waals surface area (Å²) < 4.78 is 9.46. The third-order valence-corrected chi connectivity index (χ3v) is 2.05. The molecule has 0 N–H and O–H groups in total. The molecule has 0 radical (unpaired) electrons. The first-order chi connectivity index (χ1) is 7.17. The molecule has 0 atom stereocenters. The van der Waals surface area contributed by atoms with Gasteiger partial charge in [0.1, 0.15) is 10.8 Å². The third kappa shape index (κ3) is 3.29. The molecule has 1 aromatic rings. The van der Waals surface area contributed by atoms with Crippen molar-refractivity contribution in [3.05, 3.63) is 34.9 Å². The minimum atomic E-state index is -0.549. The molecule has 0 aromatic heterocycles. The Morgan fingerprint density at radius 3 is 2.33 bits per heavy atom. The van der Waals surface area contributed by atoms with Crippen LogP contribution in [0, 0.1) is 0 Å². The van der Waals surface area contributed by atoms with Gasteiger partial charge in [-0.25, -0.2) is 4.79 Å². The third-order valence-electron chi connectivity index (χ3n) is 1.79. The van der Waals surface area contributed by atoms with Crippen molar-refractivity contribution in [2.45, 2.75) is 0 Å². The van der Waals surface area contributed by atoms with Crippen LogP contribution in [0.1, 0.15) is 5.56 Å². The van der Waals surface area contributed by atoms with Crippen LogP contribution in [0.2, 0.25) is 0 Å². The summed E-state index contributed by atoms with van der Waals surface area (Å²) in [7, 11) is 2.87. The average Bonchev–Trinajstić information content (AvgIpc) is 2.29. The number of carbonyl (C=O) groups is 1. The summed E-state index contributed by atoms with van der Waals surface area (Å²) in [4.78, 5) is 11.0. The Labute approximate surface area is 93.3 Å². The van der Waals surface area contributed by atoms with E-state index in [0.717, 1.165) is 11.3 Å². The number of halogens is 1. The van der Waals surface area contributed by atoms with Gasteiger partial charge in [-0.1, -0.05) is 23.7 Å². The van der Waals surface area contributed by atoms with Crippen LogP contribution in [0.15, 0.2) is 29.3 Å². The van der Waals surface area contributed by atoms with E-state index in [2.05, 4.69) is 4.74 Å². The van der Waals surface area contributed by atoms with Crippen molar-refractivity contribution in [2.75, 3.05) is 14.2 Å². The van der Waals surface area contributed by atoms with E-state index in [4.69, 9.17) is 16.3 Å². The fourth-order valence-electron chi connectivity index (χ4n) is 1.00. The molecular weight excluding hydrogens is 216 g/mol. The van der Waals surface area contributed by atoms with Crippen molar-refractivity contribution in [1.82, 2.24) is 0 Å². The van der Waals surface area contributed by atoms with E-state index in [-0.39, 0.29) is 5.03 Å². The molecule has 0 fully saturated rings. The minimum absolute atomic E-state index is 0.0441. The predicted molar refractivity (Wildman–Crippen MR) is 58.8 cm³/mol. The molecule has 0 aliphatic rings. The summed E-state index contributed by atoms with van der Waals surface area (Å²) in [6, 6.07) is 7.16. The minimum Gasteiger partial charge on any atom is -0.497 e. The first-order valence-electron chi connectivity index (χ1n) is 4.27. The van der Waals surface area contributed by atoms with E-state index < -0.39 is 5.97 Å². The van der Waals surface area contributed by atoms with Gasteiger partial charge >= 0.3 is 5.97 Å². The highest BCUT2D eigenvalue weighted by atomic mass is 35.5. The molecular formula is C11H11ClO3. The summed E-state index contributed by atoms with van der Waals surface area (Å²) in [6.45, 7) is 0. The zero-order valence-electron chi connectivity index (χ0n) is 8.49. The van der Waals surface area contributed by atoms with Crippen molar-refractivity contribution < 1.29 is 14.3 Å². The smallest absolute Gasteiger partial charge is 0.349 e. The fourth-order valence-corrected chi connectivity index (χ4v) is 1.21. The summed E-state index contributed by atoms with van der Waals surface area (Å²) in [5, 5.41) is 0.0441. The standard InChI is InChI=1S/C11H11ClO3/c1-14-9-5-3-8(4-6-9)7-10(12)11(13)15-2/h3-7H,1-2H3. The summed E-state index contributed by atoms with van der Waals surface area (Å²) >= 11 is 5.69. The zero-order valence-corrected chi connectivity index (χ0v) is 9.25. The molecule has 0 unspecified atom stereocenters. The Bertz CT molecular complexity index is 368. The molecule has 3 nitrogen and oxygen atoms in total. The molecule has 0 heterocycles. The monoisotopic (exact) mass is 226 g/mol. The number of methoxy groups -OCH3 is 2. The highest BCUT2D eigenvalue weighted by molar-refractivity contribution is 6.43. The number of hydrogen-bond acceptors (Lipinski definition) is 3. The van der Waals surface area contributed by atoms with Gasteiger partial charge in [0.25, 0.3) is 0 Å². The van der Waals surface area contributed by atoms with Crippen LogP contribution in [0.4, 0.5) is 0 Å². The van der Waals surface area contributed by atoms with Gasteiger partial charge in [-0.05, 0) is 23.8 Å². The second-order valence-corrected chi connectivity index (χ2v) is 3.16. The molecule has 0 amide bonds. The first kappa shape index (κ1) is 11.6. The molecule has 0 spiro atoms. The van der Waals surface area contributed by atoms with Crippen LogP contribution in [0.25, 0.3) is 6.08 Å².